The number of fused-ring (bicyclic) bond motifs is 1. The molecular formula is C27H25FN2O2. The monoisotopic (exact) mass is 428 g/mol. The van der Waals surface area contributed by atoms with Gasteiger partial charge in [-0.1, -0.05) is 60.2 Å². The molecule has 0 amide bonds. The predicted molar refractivity (Wildman–Crippen MR) is 127 cm³/mol. The van der Waals surface area contributed by atoms with Crippen molar-refractivity contribution in [3.8, 4) is 0 Å². The van der Waals surface area contributed by atoms with Crippen molar-refractivity contribution in [2.45, 2.75) is 26.9 Å². The van der Waals surface area contributed by atoms with Crippen molar-refractivity contribution < 1.29 is 9.18 Å². The van der Waals surface area contributed by atoms with Crippen LogP contribution >= 0.6 is 0 Å². The van der Waals surface area contributed by atoms with Gasteiger partial charge < -0.3 is 9.47 Å². The lowest BCUT2D eigenvalue weighted by Gasteiger charge is -2.22. The Bertz CT molecular complexity index is 1360. The Morgan fingerprint density at radius 2 is 1.72 bits per heavy atom. The van der Waals surface area contributed by atoms with Crippen molar-refractivity contribution in [1.82, 2.24) is 4.57 Å². The lowest BCUT2D eigenvalue weighted by molar-refractivity contribution is 0.101. The quantitative estimate of drug-likeness (QED) is 0.390. The SMILES string of the molecule is CC(=O)c1cn(Cc2ccccc2)c2cc(N(C)Cc3cccc(C)c3)c(F)cc2c1=O. The molecule has 4 aromatic rings. The molecule has 5 heteroatoms. The van der Waals surface area contributed by atoms with E-state index in [0.29, 0.717) is 24.3 Å². The normalized spacial score (nSPS) is 11.0. The molecule has 0 spiro atoms. The van der Waals surface area contributed by atoms with Gasteiger partial charge in [0.05, 0.1) is 16.8 Å². The van der Waals surface area contributed by atoms with Gasteiger partial charge in [0.25, 0.3) is 0 Å². The van der Waals surface area contributed by atoms with E-state index < -0.39 is 11.2 Å². The second-order valence-electron chi connectivity index (χ2n) is 8.21. The van der Waals surface area contributed by atoms with Gasteiger partial charge in [-0.25, -0.2) is 4.39 Å². The van der Waals surface area contributed by atoms with Crippen LogP contribution in [0.5, 0.6) is 0 Å². The summed E-state index contributed by atoms with van der Waals surface area (Å²) >= 11 is 0. The molecular weight excluding hydrogens is 403 g/mol. The molecule has 0 saturated carbocycles. The number of pyridine rings is 1. The molecule has 0 bridgehead atoms. The van der Waals surface area contributed by atoms with E-state index in [1.165, 1.54) is 13.0 Å². The van der Waals surface area contributed by atoms with E-state index in [9.17, 15) is 9.59 Å². The third kappa shape index (κ3) is 4.33. The average Bonchev–Trinajstić information content (AvgIpc) is 2.76. The van der Waals surface area contributed by atoms with Gasteiger partial charge in [0.15, 0.2) is 11.2 Å². The number of aromatic nitrogens is 1. The average molecular weight is 429 g/mol. The van der Waals surface area contributed by atoms with Crippen molar-refractivity contribution in [3.63, 3.8) is 0 Å². The highest BCUT2D eigenvalue weighted by Gasteiger charge is 2.17. The standard InChI is InChI=1S/C27H25FN2O2/c1-18-8-7-11-21(12-18)15-29(3)26-14-25-22(13-24(26)28)27(32)23(19(2)31)17-30(25)16-20-9-5-4-6-10-20/h4-14,17H,15-16H2,1-3H3. The topological polar surface area (TPSA) is 42.3 Å². The molecule has 0 atom stereocenters. The molecule has 1 heterocycles. The van der Waals surface area contributed by atoms with Gasteiger partial charge in [0.2, 0.25) is 0 Å². The van der Waals surface area contributed by atoms with Crippen molar-refractivity contribution in [1.29, 1.82) is 0 Å². The Hall–Kier alpha value is -3.73. The molecule has 0 aliphatic heterocycles. The number of nitrogens with zero attached hydrogens (tertiary/aromatic N) is 2. The molecule has 32 heavy (non-hydrogen) atoms. The summed E-state index contributed by atoms with van der Waals surface area (Å²) in [5.41, 5.74) is 3.85. The third-order valence-electron chi connectivity index (χ3n) is 5.64. The molecule has 162 valence electrons. The van der Waals surface area contributed by atoms with Gasteiger partial charge in [0.1, 0.15) is 5.82 Å². The molecule has 0 radical (unpaired) electrons. The largest absolute Gasteiger partial charge is 0.368 e. The second-order valence-corrected chi connectivity index (χ2v) is 8.21. The number of anilines is 1. The fourth-order valence-corrected chi connectivity index (χ4v) is 4.02. The summed E-state index contributed by atoms with van der Waals surface area (Å²) in [4.78, 5) is 26.8. The Morgan fingerprint density at radius 3 is 2.41 bits per heavy atom. The predicted octanol–water partition coefficient (Wildman–Crippen LogP) is 5.34. The van der Waals surface area contributed by atoms with E-state index in [4.69, 9.17) is 0 Å². The molecule has 0 aliphatic rings. The van der Waals surface area contributed by atoms with Crippen LogP contribution in [0.1, 0.15) is 34.0 Å². The number of Topliss-reactive ketones (excluding diaryl/α,β-unsaturated/α-hetero) is 1. The third-order valence-corrected chi connectivity index (χ3v) is 5.64. The number of benzene rings is 3. The number of aryl methyl sites for hydroxylation is 1. The fraction of sp³-hybridized carbons (Fsp3) is 0.185. The maximum atomic E-state index is 15.1. The van der Waals surface area contributed by atoms with E-state index in [0.717, 1.165) is 16.7 Å². The van der Waals surface area contributed by atoms with Crippen molar-refractivity contribution in [3.05, 3.63) is 111 Å². The van der Waals surface area contributed by atoms with Crippen molar-refractivity contribution in [2.24, 2.45) is 0 Å². The second kappa shape index (κ2) is 8.79. The summed E-state index contributed by atoms with van der Waals surface area (Å²) < 4.78 is 17.0. The van der Waals surface area contributed by atoms with Crippen LogP contribution in [-0.4, -0.2) is 17.4 Å². The minimum absolute atomic E-state index is 0.0636. The Morgan fingerprint density at radius 1 is 1.00 bits per heavy atom. The highest BCUT2D eigenvalue weighted by Crippen LogP contribution is 2.26. The van der Waals surface area contributed by atoms with Crippen LogP contribution in [0.25, 0.3) is 10.9 Å². The van der Waals surface area contributed by atoms with Gasteiger partial charge >= 0.3 is 0 Å². The van der Waals surface area contributed by atoms with Crippen LogP contribution in [0.2, 0.25) is 0 Å². The smallest absolute Gasteiger partial charge is 0.200 e. The van der Waals surface area contributed by atoms with Crippen LogP contribution in [0.4, 0.5) is 10.1 Å². The summed E-state index contributed by atoms with van der Waals surface area (Å²) in [6.45, 7) is 4.37. The lowest BCUT2D eigenvalue weighted by Crippen LogP contribution is -2.21. The summed E-state index contributed by atoms with van der Waals surface area (Å²) in [5.74, 6) is -0.823. The first-order chi connectivity index (χ1) is 15.3. The zero-order valence-electron chi connectivity index (χ0n) is 18.4. The fourth-order valence-electron chi connectivity index (χ4n) is 4.02. The molecule has 0 unspecified atom stereocenters. The van der Waals surface area contributed by atoms with Crippen LogP contribution in [0, 0.1) is 12.7 Å². The Balaban J connectivity index is 1.85. The van der Waals surface area contributed by atoms with Crippen LogP contribution in [0.3, 0.4) is 0 Å². The number of carbonyl (C=O) groups excluding carboxylic acids is 1. The Kier molecular flexibility index (Phi) is 5.91. The number of ketones is 1. The first-order valence-corrected chi connectivity index (χ1v) is 10.5. The maximum Gasteiger partial charge on any atom is 0.200 e. The van der Waals surface area contributed by atoms with E-state index in [2.05, 4.69) is 6.07 Å². The zero-order chi connectivity index (χ0) is 22.8. The van der Waals surface area contributed by atoms with Crippen molar-refractivity contribution >= 4 is 22.4 Å². The Labute approximate surface area is 186 Å². The summed E-state index contributed by atoms with van der Waals surface area (Å²) in [7, 11) is 1.83. The molecule has 0 fully saturated rings. The molecule has 4 rings (SSSR count). The van der Waals surface area contributed by atoms with E-state index in [-0.39, 0.29) is 16.7 Å². The van der Waals surface area contributed by atoms with Gasteiger partial charge in [-0.2, -0.15) is 0 Å². The summed E-state index contributed by atoms with van der Waals surface area (Å²) in [6, 6.07) is 20.8. The van der Waals surface area contributed by atoms with Gasteiger partial charge in [-0.15, -0.1) is 0 Å². The number of hydrogen-bond acceptors (Lipinski definition) is 3. The zero-order valence-corrected chi connectivity index (χ0v) is 18.4. The van der Waals surface area contributed by atoms with Gasteiger partial charge in [0, 0.05) is 31.7 Å². The van der Waals surface area contributed by atoms with Gasteiger partial charge in [-0.3, -0.25) is 9.59 Å². The highest BCUT2D eigenvalue weighted by molar-refractivity contribution is 5.97. The van der Waals surface area contributed by atoms with E-state index in [1.54, 1.807) is 12.3 Å². The molecule has 3 aromatic carbocycles. The molecule has 0 aliphatic carbocycles. The summed E-state index contributed by atoms with van der Waals surface area (Å²) in [5, 5.41) is 0.207. The van der Waals surface area contributed by atoms with Crippen LogP contribution in [-0.2, 0) is 13.1 Å². The molecule has 4 nitrogen and oxygen atoms in total. The first kappa shape index (κ1) is 21.5. The van der Waals surface area contributed by atoms with Crippen molar-refractivity contribution in [2.75, 3.05) is 11.9 Å². The van der Waals surface area contributed by atoms with Gasteiger partial charge in [-0.05, 0) is 37.1 Å². The first-order valence-electron chi connectivity index (χ1n) is 10.5. The number of carbonyl (C=O) groups is 1. The number of hydrogen-bond donors (Lipinski definition) is 0. The summed E-state index contributed by atoms with van der Waals surface area (Å²) in [6.07, 6.45) is 1.59. The molecule has 1 aromatic heterocycles. The highest BCUT2D eigenvalue weighted by atomic mass is 19.1. The van der Waals surface area contributed by atoms with E-state index in [1.807, 2.05) is 72.0 Å². The minimum atomic E-state index is -0.489. The molecule has 0 N–H and O–H groups in total. The molecule has 0 saturated heterocycles. The lowest BCUT2D eigenvalue weighted by atomic mass is 10.1. The van der Waals surface area contributed by atoms with E-state index >= 15 is 4.39 Å². The minimum Gasteiger partial charge on any atom is -0.368 e. The van der Waals surface area contributed by atoms with Crippen LogP contribution in [0.15, 0.2) is 77.7 Å². The number of halogens is 1. The number of rotatable bonds is 6. The van der Waals surface area contributed by atoms with Crippen LogP contribution < -0.4 is 10.3 Å². The maximum absolute atomic E-state index is 15.1.